The molecule has 0 aliphatic heterocycles. The van der Waals surface area contributed by atoms with Gasteiger partial charge in [0.2, 0.25) is 5.03 Å². The largest absolute Gasteiger partial charge is 0.468 e. The number of methoxy groups -OCH3 is 1. The summed E-state index contributed by atoms with van der Waals surface area (Å²) in [6.07, 6.45) is 1.28. The van der Waals surface area contributed by atoms with Crippen LogP contribution in [0.3, 0.4) is 0 Å². The molecule has 1 N–H and O–H groups in total. The molecule has 0 amide bonds. The second-order valence-corrected chi connectivity index (χ2v) is 6.30. The normalized spacial score (nSPS) is 13.6. The van der Waals surface area contributed by atoms with Crippen molar-refractivity contribution >= 4 is 27.6 Å². The third kappa shape index (κ3) is 3.46. The number of halogens is 1. The van der Waals surface area contributed by atoms with E-state index in [9.17, 15) is 13.2 Å². The Kier molecular flexibility index (Phi) is 4.94. The minimum atomic E-state index is -3.98. The minimum absolute atomic E-state index is 0.0279. The van der Waals surface area contributed by atoms with Gasteiger partial charge in [-0.05, 0) is 5.92 Å². The Morgan fingerprint density at radius 3 is 2.47 bits per heavy atom. The number of carbonyl (C=O) groups is 1. The SMILES string of the molecule is COC(=O)[C@H](NS(=O)(=O)c1ncn(C)c1Cl)C(C)C. The molecule has 1 rings (SSSR count). The predicted molar refractivity (Wildman–Crippen MR) is 69.2 cm³/mol. The number of aryl methyl sites for hydroxylation is 1. The number of nitrogens with one attached hydrogen (secondary N) is 1. The lowest BCUT2D eigenvalue weighted by Crippen LogP contribution is -2.45. The first-order chi connectivity index (χ1) is 8.70. The Morgan fingerprint density at radius 1 is 1.53 bits per heavy atom. The Hall–Kier alpha value is -1.12. The van der Waals surface area contributed by atoms with Crippen molar-refractivity contribution in [3.63, 3.8) is 0 Å². The summed E-state index contributed by atoms with van der Waals surface area (Å²) in [5.74, 6) is -0.935. The molecule has 0 aliphatic rings. The molecule has 9 heteroatoms. The van der Waals surface area contributed by atoms with E-state index in [1.54, 1.807) is 20.9 Å². The smallest absolute Gasteiger partial charge is 0.324 e. The van der Waals surface area contributed by atoms with Crippen LogP contribution in [0.4, 0.5) is 0 Å². The number of aromatic nitrogens is 2. The molecule has 1 aromatic heterocycles. The molecule has 0 radical (unpaired) electrons. The number of hydrogen-bond acceptors (Lipinski definition) is 5. The summed E-state index contributed by atoms with van der Waals surface area (Å²) in [5, 5.41) is -0.342. The molecule has 0 spiro atoms. The zero-order valence-corrected chi connectivity index (χ0v) is 12.6. The van der Waals surface area contributed by atoms with Crippen LogP contribution in [0.2, 0.25) is 5.15 Å². The lowest BCUT2D eigenvalue weighted by Gasteiger charge is -2.19. The van der Waals surface area contributed by atoms with Crippen molar-refractivity contribution in [3.8, 4) is 0 Å². The first kappa shape index (κ1) is 15.9. The lowest BCUT2D eigenvalue weighted by atomic mass is 10.1. The van der Waals surface area contributed by atoms with Gasteiger partial charge in [-0.1, -0.05) is 25.4 Å². The van der Waals surface area contributed by atoms with Crippen LogP contribution >= 0.6 is 11.6 Å². The molecule has 1 aromatic rings. The number of nitrogens with zero attached hydrogens (tertiary/aromatic N) is 2. The summed E-state index contributed by atoms with van der Waals surface area (Å²) in [6.45, 7) is 3.40. The summed E-state index contributed by atoms with van der Waals surface area (Å²) in [7, 11) is -1.23. The second-order valence-electron chi connectivity index (χ2n) is 4.32. The highest BCUT2D eigenvalue weighted by Gasteiger charge is 2.31. The van der Waals surface area contributed by atoms with E-state index < -0.39 is 22.0 Å². The van der Waals surface area contributed by atoms with Gasteiger partial charge in [-0.3, -0.25) is 4.79 Å². The summed E-state index contributed by atoms with van der Waals surface area (Å²) < 4.78 is 32.4. The van der Waals surface area contributed by atoms with Crippen molar-refractivity contribution < 1.29 is 17.9 Å². The van der Waals surface area contributed by atoms with E-state index in [2.05, 4.69) is 14.4 Å². The average molecular weight is 310 g/mol. The van der Waals surface area contributed by atoms with Gasteiger partial charge in [0.15, 0.2) is 0 Å². The van der Waals surface area contributed by atoms with E-state index in [0.29, 0.717) is 0 Å². The van der Waals surface area contributed by atoms with E-state index in [-0.39, 0.29) is 16.1 Å². The molecular formula is C10H16ClN3O4S. The van der Waals surface area contributed by atoms with Crippen molar-refractivity contribution in [2.24, 2.45) is 13.0 Å². The number of carbonyl (C=O) groups excluding carboxylic acids is 1. The lowest BCUT2D eigenvalue weighted by molar-refractivity contribution is -0.143. The van der Waals surface area contributed by atoms with Gasteiger partial charge in [-0.2, -0.15) is 4.72 Å². The molecule has 7 nitrogen and oxygen atoms in total. The highest BCUT2D eigenvalue weighted by Crippen LogP contribution is 2.19. The number of ether oxygens (including phenoxy) is 1. The molecule has 0 bridgehead atoms. The molecule has 108 valence electrons. The van der Waals surface area contributed by atoms with Crippen LogP contribution in [0.25, 0.3) is 0 Å². The van der Waals surface area contributed by atoms with Gasteiger partial charge in [-0.25, -0.2) is 13.4 Å². The maximum Gasteiger partial charge on any atom is 0.324 e. The molecule has 0 saturated carbocycles. The average Bonchev–Trinajstić information content (AvgIpc) is 2.66. The highest BCUT2D eigenvalue weighted by atomic mass is 35.5. The zero-order chi connectivity index (χ0) is 14.8. The van der Waals surface area contributed by atoms with Gasteiger partial charge in [-0.15, -0.1) is 0 Å². The Bertz CT molecular complexity index is 567. The summed E-state index contributed by atoms with van der Waals surface area (Å²) in [6, 6.07) is -0.993. The van der Waals surface area contributed by atoms with E-state index in [0.717, 1.165) is 0 Å². The number of esters is 1. The highest BCUT2D eigenvalue weighted by molar-refractivity contribution is 7.89. The second kappa shape index (κ2) is 5.89. The van der Waals surface area contributed by atoms with Crippen molar-refractivity contribution in [2.45, 2.75) is 24.9 Å². The Balaban J connectivity index is 3.08. The quantitative estimate of drug-likeness (QED) is 0.802. The number of hydrogen-bond donors (Lipinski definition) is 1. The Labute approximate surface area is 117 Å². The standard InChI is InChI=1S/C10H16ClN3O4S/c1-6(2)7(10(15)18-4)13-19(16,17)9-8(11)14(3)5-12-9/h5-7,13H,1-4H3/t7-/m1/s1. The molecule has 0 saturated heterocycles. The first-order valence-electron chi connectivity index (χ1n) is 5.47. The van der Waals surface area contributed by atoms with Crippen molar-refractivity contribution in [2.75, 3.05) is 7.11 Å². The van der Waals surface area contributed by atoms with Crippen LogP contribution in [0, 0.1) is 5.92 Å². The molecule has 0 aromatic carbocycles. The van der Waals surface area contributed by atoms with Crippen LogP contribution in [-0.2, 0) is 26.6 Å². The summed E-state index contributed by atoms with van der Waals surface area (Å²) in [5.41, 5.74) is 0. The first-order valence-corrected chi connectivity index (χ1v) is 7.33. The number of rotatable bonds is 5. The fourth-order valence-corrected chi connectivity index (χ4v) is 3.14. The summed E-state index contributed by atoms with van der Waals surface area (Å²) in [4.78, 5) is 15.3. The molecule has 0 aliphatic carbocycles. The molecule has 0 fully saturated rings. The van der Waals surface area contributed by atoms with Gasteiger partial charge in [0, 0.05) is 7.05 Å². The molecule has 19 heavy (non-hydrogen) atoms. The monoisotopic (exact) mass is 309 g/mol. The van der Waals surface area contributed by atoms with Crippen LogP contribution in [0.5, 0.6) is 0 Å². The maximum atomic E-state index is 12.1. The van der Waals surface area contributed by atoms with E-state index in [1.165, 1.54) is 18.0 Å². The third-order valence-corrected chi connectivity index (χ3v) is 4.42. The van der Waals surface area contributed by atoms with Crippen molar-refractivity contribution in [3.05, 3.63) is 11.5 Å². The molecular weight excluding hydrogens is 294 g/mol. The van der Waals surface area contributed by atoms with Gasteiger partial charge in [0.05, 0.1) is 13.4 Å². The zero-order valence-electron chi connectivity index (χ0n) is 11.0. The van der Waals surface area contributed by atoms with Crippen LogP contribution in [-0.4, -0.2) is 37.1 Å². The molecule has 1 atom stereocenters. The fourth-order valence-electron chi connectivity index (χ4n) is 1.38. The van der Waals surface area contributed by atoms with E-state index in [4.69, 9.17) is 11.6 Å². The van der Waals surface area contributed by atoms with Crippen molar-refractivity contribution in [1.29, 1.82) is 0 Å². The maximum absolute atomic E-state index is 12.1. The van der Waals surface area contributed by atoms with Gasteiger partial charge < -0.3 is 9.30 Å². The van der Waals surface area contributed by atoms with E-state index >= 15 is 0 Å². The number of imidazole rings is 1. The predicted octanol–water partition coefficient (Wildman–Crippen LogP) is 0.549. The fraction of sp³-hybridized carbons (Fsp3) is 0.600. The van der Waals surface area contributed by atoms with Crippen LogP contribution in [0.1, 0.15) is 13.8 Å². The molecule has 1 heterocycles. The summed E-state index contributed by atoms with van der Waals surface area (Å²) >= 11 is 5.83. The minimum Gasteiger partial charge on any atom is -0.468 e. The van der Waals surface area contributed by atoms with Gasteiger partial charge in [0.1, 0.15) is 11.2 Å². The van der Waals surface area contributed by atoms with Crippen molar-refractivity contribution in [1.82, 2.24) is 14.3 Å². The van der Waals surface area contributed by atoms with E-state index in [1.807, 2.05) is 0 Å². The Morgan fingerprint density at radius 2 is 2.11 bits per heavy atom. The van der Waals surface area contributed by atoms with Crippen LogP contribution < -0.4 is 4.72 Å². The van der Waals surface area contributed by atoms with Crippen LogP contribution in [0.15, 0.2) is 11.4 Å². The van der Waals surface area contributed by atoms with Gasteiger partial charge >= 0.3 is 5.97 Å². The topological polar surface area (TPSA) is 90.3 Å². The third-order valence-electron chi connectivity index (χ3n) is 2.49. The van der Waals surface area contributed by atoms with Gasteiger partial charge in [0.25, 0.3) is 10.0 Å². The molecule has 0 unspecified atom stereocenters. The number of sulfonamides is 1.